The van der Waals surface area contributed by atoms with E-state index in [1.807, 2.05) is 22.6 Å². The number of carbonyl (C=O) groups excluding carboxylic acids is 1. The fourth-order valence-electron chi connectivity index (χ4n) is 1.57. The van der Waals surface area contributed by atoms with Crippen LogP contribution in [0, 0.1) is 3.57 Å². The summed E-state index contributed by atoms with van der Waals surface area (Å²) in [5, 5.41) is 21.1. The molecule has 1 aromatic carbocycles. The Morgan fingerprint density at radius 2 is 2.00 bits per heavy atom. The van der Waals surface area contributed by atoms with Crippen LogP contribution in [-0.2, 0) is 16.0 Å². The SMILES string of the molecule is CC(C)(C)OC(=O)NC(Cc1ccc(I)c(O)c1)C(=O)O. The Morgan fingerprint density at radius 3 is 2.48 bits per heavy atom. The summed E-state index contributed by atoms with van der Waals surface area (Å²) in [6.07, 6.45) is -0.733. The Kier molecular flexibility index (Phi) is 5.82. The van der Waals surface area contributed by atoms with Gasteiger partial charge in [0.25, 0.3) is 0 Å². The lowest BCUT2D eigenvalue weighted by Gasteiger charge is -2.22. The fraction of sp³-hybridized carbons (Fsp3) is 0.429. The number of nitrogens with one attached hydrogen (secondary N) is 1. The molecule has 1 aromatic rings. The van der Waals surface area contributed by atoms with Crippen molar-refractivity contribution in [3.05, 3.63) is 27.3 Å². The molecule has 1 unspecified atom stereocenters. The quantitative estimate of drug-likeness (QED) is 0.667. The number of phenolic OH excluding ortho intramolecular Hbond substituents is 1. The highest BCUT2D eigenvalue weighted by Gasteiger charge is 2.24. The summed E-state index contributed by atoms with van der Waals surface area (Å²) in [4.78, 5) is 22.9. The van der Waals surface area contributed by atoms with Gasteiger partial charge in [0.15, 0.2) is 0 Å². The molecular weight excluding hydrogens is 389 g/mol. The smallest absolute Gasteiger partial charge is 0.408 e. The molecule has 7 heteroatoms. The topological polar surface area (TPSA) is 95.9 Å². The molecule has 0 spiro atoms. The van der Waals surface area contributed by atoms with Crippen LogP contribution < -0.4 is 5.32 Å². The van der Waals surface area contributed by atoms with E-state index in [1.165, 1.54) is 6.07 Å². The van der Waals surface area contributed by atoms with Gasteiger partial charge in [-0.1, -0.05) is 6.07 Å². The van der Waals surface area contributed by atoms with Gasteiger partial charge in [-0.2, -0.15) is 0 Å². The third-order valence-corrected chi connectivity index (χ3v) is 3.35. The number of alkyl carbamates (subject to hydrolysis) is 1. The molecular formula is C14H18INO5. The van der Waals surface area contributed by atoms with Gasteiger partial charge in [0.05, 0.1) is 3.57 Å². The van der Waals surface area contributed by atoms with Crippen LogP contribution in [0.1, 0.15) is 26.3 Å². The molecule has 21 heavy (non-hydrogen) atoms. The molecule has 0 saturated heterocycles. The summed E-state index contributed by atoms with van der Waals surface area (Å²) in [7, 11) is 0. The normalized spacial score (nSPS) is 12.6. The first kappa shape index (κ1) is 17.5. The van der Waals surface area contributed by atoms with E-state index >= 15 is 0 Å². The van der Waals surface area contributed by atoms with E-state index in [2.05, 4.69) is 5.32 Å². The zero-order valence-corrected chi connectivity index (χ0v) is 14.2. The third-order valence-electron chi connectivity index (χ3n) is 2.44. The van der Waals surface area contributed by atoms with Crippen LogP contribution in [0.2, 0.25) is 0 Å². The Hall–Kier alpha value is -1.51. The van der Waals surface area contributed by atoms with Gasteiger partial charge >= 0.3 is 12.1 Å². The molecule has 6 nitrogen and oxygen atoms in total. The van der Waals surface area contributed by atoms with Crippen molar-refractivity contribution in [2.24, 2.45) is 0 Å². The lowest BCUT2D eigenvalue weighted by atomic mass is 10.1. The van der Waals surface area contributed by atoms with Crippen molar-refractivity contribution in [2.75, 3.05) is 0 Å². The lowest BCUT2D eigenvalue weighted by molar-refractivity contribution is -0.139. The second kappa shape index (κ2) is 6.97. The van der Waals surface area contributed by atoms with Crippen molar-refractivity contribution in [2.45, 2.75) is 38.8 Å². The maximum absolute atomic E-state index is 11.6. The molecule has 1 rings (SSSR count). The number of aromatic hydroxyl groups is 1. The zero-order valence-electron chi connectivity index (χ0n) is 12.0. The van der Waals surface area contributed by atoms with Crippen molar-refractivity contribution in [3.63, 3.8) is 0 Å². The molecule has 0 aliphatic carbocycles. The van der Waals surface area contributed by atoms with Crippen LogP contribution in [0.5, 0.6) is 5.75 Å². The molecule has 0 bridgehead atoms. The molecule has 0 aromatic heterocycles. The molecule has 116 valence electrons. The third kappa shape index (κ3) is 6.19. The number of hydrogen-bond acceptors (Lipinski definition) is 4. The van der Waals surface area contributed by atoms with Gasteiger partial charge < -0.3 is 20.3 Å². The number of carbonyl (C=O) groups is 2. The van der Waals surface area contributed by atoms with E-state index in [9.17, 15) is 19.8 Å². The van der Waals surface area contributed by atoms with E-state index < -0.39 is 23.7 Å². The van der Waals surface area contributed by atoms with Gasteiger partial charge in [0.2, 0.25) is 0 Å². The summed E-state index contributed by atoms with van der Waals surface area (Å²) in [5.41, 5.74) is -0.0924. The maximum atomic E-state index is 11.6. The largest absolute Gasteiger partial charge is 0.507 e. The second-order valence-corrected chi connectivity index (χ2v) is 6.69. The first-order valence-corrected chi connectivity index (χ1v) is 7.36. The molecule has 0 aliphatic heterocycles. The molecule has 3 N–H and O–H groups in total. The minimum Gasteiger partial charge on any atom is -0.507 e. The summed E-state index contributed by atoms with van der Waals surface area (Å²) < 4.78 is 5.70. The van der Waals surface area contributed by atoms with Crippen molar-refractivity contribution in [3.8, 4) is 5.75 Å². The van der Waals surface area contributed by atoms with E-state index in [1.54, 1.807) is 32.9 Å². The minimum absolute atomic E-state index is 0.0546. The van der Waals surface area contributed by atoms with E-state index in [0.717, 1.165) is 0 Å². The van der Waals surface area contributed by atoms with Crippen LogP contribution in [-0.4, -0.2) is 33.9 Å². The van der Waals surface area contributed by atoms with Gasteiger partial charge in [0.1, 0.15) is 17.4 Å². The highest BCUT2D eigenvalue weighted by Crippen LogP contribution is 2.21. The average molecular weight is 407 g/mol. The number of ether oxygens (including phenoxy) is 1. The highest BCUT2D eigenvalue weighted by atomic mass is 127. The second-order valence-electron chi connectivity index (χ2n) is 5.53. The predicted octanol–water partition coefficient (Wildman–Crippen LogP) is 2.52. The Morgan fingerprint density at radius 1 is 1.38 bits per heavy atom. The Labute approximate surface area is 136 Å². The number of rotatable bonds is 4. The van der Waals surface area contributed by atoms with Gasteiger partial charge in [-0.25, -0.2) is 9.59 Å². The van der Waals surface area contributed by atoms with E-state index in [4.69, 9.17) is 4.74 Å². The minimum atomic E-state index is -1.17. The van der Waals surface area contributed by atoms with Crippen molar-refractivity contribution in [1.29, 1.82) is 0 Å². The van der Waals surface area contributed by atoms with Crippen LogP contribution in [0.3, 0.4) is 0 Å². The van der Waals surface area contributed by atoms with Crippen LogP contribution in [0.4, 0.5) is 4.79 Å². The number of carboxylic acid groups (broad SMARTS) is 1. The number of benzene rings is 1. The Bertz CT molecular complexity index is 539. The monoisotopic (exact) mass is 407 g/mol. The van der Waals surface area contributed by atoms with Crippen molar-refractivity contribution in [1.82, 2.24) is 5.32 Å². The van der Waals surface area contributed by atoms with Gasteiger partial charge in [-0.05, 0) is 61.1 Å². The lowest BCUT2D eigenvalue weighted by Crippen LogP contribution is -2.44. The van der Waals surface area contributed by atoms with Gasteiger partial charge in [-0.3, -0.25) is 0 Å². The fourth-order valence-corrected chi connectivity index (χ4v) is 1.91. The zero-order chi connectivity index (χ0) is 16.2. The summed E-state index contributed by atoms with van der Waals surface area (Å²) >= 11 is 1.97. The molecule has 1 amide bonds. The first-order valence-electron chi connectivity index (χ1n) is 6.28. The van der Waals surface area contributed by atoms with Crippen molar-refractivity contribution < 1.29 is 24.5 Å². The van der Waals surface area contributed by atoms with Gasteiger partial charge in [-0.15, -0.1) is 0 Å². The molecule has 0 aliphatic rings. The predicted molar refractivity (Wildman–Crippen MR) is 85.3 cm³/mol. The molecule has 0 radical (unpaired) electrons. The number of carboxylic acids is 1. The summed E-state index contributed by atoms with van der Waals surface area (Å²) in [6.45, 7) is 5.08. The number of amides is 1. The number of halogens is 1. The number of phenols is 1. The van der Waals surface area contributed by atoms with Crippen LogP contribution >= 0.6 is 22.6 Å². The maximum Gasteiger partial charge on any atom is 0.408 e. The van der Waals surface area contributed by atoms with E-state index in [0.29, 0.717) is 9.13 Å². The Balaban J connectivity index is 2.76. The summed E-state index contributed by atoms with van der Waals surface area (Å²) in [6, 6.07) is 3.74. The van der Waals surface area contributed by atoms with Gasteiger partial charge in [0, 0.05) is 6.42 Å². The van der Waals surface area contributed by atoms with E-state index in [-0.39, 0.29) is 12.2 Å². The van der Waals surface area contributed by atoms with Crippen LogP contribution in [0.15, 0.2) is 18.2 Å². The average Bonchev–Trinajstić information content (AvgIpc) is 2.30. The standard InChI is InChI=1S/C14H18INO5/c1-14(2,3)21-13(20)16-10(12(18)19)6-8-4-5-9(15)11(17)7-8/h4-5,7,10,17H,6H2,1-3H3,(H,16,20)(H,18,19). The molecule has 1 atom stereocenters. The molecule has 0 fully saturated rings. The number of aliphatic carboxylic acids is 1. The summed E-state index contributed by atoms with van der Waals surface area (Å²) in [5.74, 6) is -1.09. The first-order chi connectivity index (χ1) is 9.58. The number of hydrogen-bond donors (Lipinski definition) is 3. The van der Waals surface area contributed by atoms with Crippen LogP contribution in [0.25, 0.3) is 0 Å². The highest BCUT2D eigenvalue weighted by molar-refractivity contribution is 14.1. The molecule has 0 saturated carbocycles. The molecule has 0 heterocycles. The van der Waals surface area contributed by atoms with Crippen molar-refractivity contribution >= 4 is 34.7 Å².